The van der Waals surface area contributed by atoms with E-state index in [0.717, 1.165) is 9.75 Å². The van der Waals surface area contributed by atoms with Crippen molar-refractivity contribution in [2.75, 3.05) is 0 Å². The van der Waals surface area contributed by atoms with Gasteiger partial charge < -0.3 is 10.2 Å². The Balaban J connectivity index is 1.88. The molecule has 0 saturated heterocycles. The normalized spacial score (nSPS) is 10.8. The van der Waals surface area contributed by atoms with Crippen molar-refractivity contribution in [1.29, 1.82) is 0 Å². The van der Waals surface area contributed by atoms with Gasteiger partial charge in [-0.25, -0.2) is 0 Å². The first-order valence-corrected chi connectivity index (χ1v) is 9.68. The van der Waals surface area contributed by atoms with Crippen LogP contribution >= 0.6 is 22.7 Å². The van der Waals surface area contributed by atoms with Crippen LogP contribution in [0.4, 0.5) is 0 Å². The van der Waals surface area contributed by atoms with Gasteiger partial charge in [-0.2, -0.15) is 0 Å². The van der Waals surface area contributed by atoms with E-state index in [4.69, 9.17) is 0 Å². The molecule has 26 heavy (non-hydrogen) atoms. The number of carbonyl (C=O) groups excluding carboxylic acids is 1. The maximum Gasteiger partial charge on any atom is 0.194 e. The Bertz CT molecular complexity index is 979. The Morgan fingerprint density at radius 1 is 0.692 bits per heavy atom. The van der Waals surface area contributed by atoms with Crippen LogP contribution in [-0.4, -0.2) is 16.0 Å². The largest absolute Gasteiger partial charge is 0.508 e. The second kappa shape index (κ2) is 6.78. The molecule has 2 aromatic heterocycles. The van der Waals surface area contributed by atoms with Gasteiger partial charge in [0.05, 0.1) is 0 Å². The molecule has 0 aliphatic heterocycles. The van der Waals surface area contributed by atoms with Crippen molar-refractivity contribution in [2.45, 2.75) is 0 Å². The van der Waals surface area contributed by atoms with Crippen molar-refractivity contribution in [2.24, 2.45) is 0 Å². The lowest BCUT2D eigenvalue weighted by Gasteiger charge is -2.12. The molecule has 0 bridgehead atoms. The topological polar surface area (TPSA) is 57.5 Å². The molecule has 4 aromatic rings. The summed E-state index contributed by atoms with van der Waals surface area (Å²) in [4.78, 5) is 15.2. The van der Waals surface area contributed by atoms with Crippen molar-refractivity contribution < 1.29 is 15.0 Å². The lowest BCUT2D eigenvalue weighted by atomic mass is 9.93. The number of rotatable bonds is 4. The molecule has 4 rings (SSSR count). The number of phenolic OH excluding ortho intramolecular Hbond substituents is 2. The number of benzene rings is 2. The first-order chi connectivity index (χ1) is 12.6. The van der Waals surface area contributed by atoms with Crippen LogP contribution in [0, 0.1) is 0 Å². The van der Waals surface area contributed by atoms with Gasteiger partial charge in [-0.05, 0) is 59.3 Å². The maximum absolute atomic E-state index is 13.3. The van der Waals surface area contributed by atoms with Crippen molar-refractivity contribution in [3.63, 3.8) is 0 Å². The smallest absolute Gasteiger partial charge is 0.194 e. The van der Waals surface area contributed by atoms with E-state index in [-0.39, 0.29) is 17.3 Å². The molecule has 0 radical (unpaired) electrons. The van der Waals surface area contributed by atoms with Crippen LogP contribution in [0.2, 0.25) is 0 Å². The van der Waals surface area contributed by atoms with E-state index in [9.17, 15) is 15.0 Å². The first-order valence-electron chi connectivity index (χ1n) is 7.92. The maximum atomic E-state index is 13.3. The van der Waals surface area contributed by atoms with Crippen LogP contribution < -0.4 is 0 Å². The highest BCUT2D eigenvalue weighted by molar-refractivity contribution is 7.13. The third kappa shape index (κ3) is 3.03. The zero-order chi connectivity index (χ0) is 18.1. The number of hydrogen-bond acceptors (Lipinski definition) is 5. The van der Waals surface area contributed by atoms with Crippen LogP contribution in [0.5, 0.6) is 11.5 Å². The molecule has 0 amide bonds. The fraction of sp³-hybridized carbons (Fsp3) is 0. The molecular weight excluding hydrogens is 364 g/mol. The Kier molecular flexibility index (Phi) is 4.32. The standard InChI is InChI=1S/C21H14O3S2/c22-13-5-7-15(17(11-13)19-3-1-9-25-19)21(24)16-8-6-14(23)12-18(16)20-4-2-10-26-20/h1-12,22-23H. The van der Waals surface area contributed by atoms with Gasteiger partial charge in [-0.3, -0.25) is 4.79 Å². The monoisotopic (exact) mass is 378 g/mol. The van der Waals surface area contributed by atoms with Crippen LogP contribution in [0.3, 0.4) is 0 Å². The highest BCUT2D eigenvalue weighted by Crippen LogP contribution is 2.36. The number of ketones is 1. The van der Waals surface area contributed by atoms with Crippen molar-refractivity contribution in [3.8, 4) is 32.4 Å². The summed E-state index contributed by atoms with van der Waals surface area (Å²) in [7, 11) is 0. The molecule has 2 aromatic carbocycles. The number of thiophene rings is 2. The van der Waals surface area contributed by atoms with E-state index in [1.807, 2.05) is 35.0 Å². The lowest BCUT2D eigenvalue weighted by molar-refractivity contribution is 0.104. The third-order valence-corrected chi connectivity index (χ3v) is 5.88. The van der Waals surface area contributed by atoms with Crippen LogP contribution in [0.25, 0.3) is 20.9 Å². The van der Waals surface area contributed by atoms with E-state index >= 15 is 0 Å². The number of aromatic hydroxyl groups is 2. The van der Waals surface area contributed by atoms with E-state index in [0.29, 0.717) is 22.3 Å². The molecule has 0 atom stereocenters. The second-order valence-electron chi connectivity index (χ2n) is 5.74. The predicted molar refractivity (Wildman–Crippen MR) is 106 cm³/mol. The number of carbonyl (C=O) groups is 1. The molecular formula is C21H14O3S2. The molecule has 0 aliphatic carbocycles. The van der Waals surface area contributed by atoms with Gasteiger partial charge >= 0.3 is 0 Å². The van der Waals surface area contributed by atoms with Gasteiger partial charge in [-0.1, -0.05) is 12.1 Å². The van der Waals surface area contributed by atoms with Crippen LogP contribution in [-0.2, 0) is 0 Å². The highest BCUT2D eigenvalue weighted by Gasteiger charge is 2.20. The summed E-state index contributed by atoms with van der Waals surface area (Å²) in [5.74, 6) is 0.0973. The summed E-state index contributed by atoms with van der Waals surface area (Å²) in [6.07, 6.45) is 0. The number of hydrogen-bond donors (Lipinski definition) is 2. The van der Waals surface area contributed by atoms with E-state index in [2.05, 4.69) is 0 Å². The van der Waals surface area contributed by atoms with Gasteiger partial charge in [0.15, 0.2) is 5.78 Å². The Labute approximate surface area is 158 Å². The fourth-order valence-corrected chi connectivity index (χ4v) is 4.39. The minimum Gasteiger partial charge on any atom is -0.508 e. The van der Waals surface area contributed by atoms with Crippen molar-refractivity contribution in [3.05, 3.63) is 82.6 Å². The molecule has 0 aliphatic rings. The Morgan fingerprint density at radius 3 is 1.54 bits per heavy atom. The zero-order valence-corrected chi connectivity index (χ0v) is 15.2. The molecule has 0 unspecified atom stereocenters. The van der Waals surface area contributed by atoms with Crippen LogP contribution in [0.1, 0.15) is 15.9 Å². The molecule has 5 heteroatoms. The average molecular weight is 378 g/mol. The van der Waals surface area contributed by atoms with Crippen molar-refractivity contribution in [1.82, 2.24) is 0 Å². The van der Waals surface area contributed by atoms with Crippen LogP contribution in [0.15, 0.2) is 71.4 Å². The summed E-state index contributed by atoms with van der Waals surface area (Å²) in [5, 5.41) is 23.7. The van der Waals surface area contributed by atoms with Gasteiger partial charge in [-0.15, -0.1) is 22.7 Å². The fourth-order valence-electron chi connectivity index (χ4n) is 2.88. The molecule has 128 valence electrons. The summed E-state index contributed by atoms with van der Waals surface area (Å²) in [6.45, 7) is 0. The molecule has 0 saturated carbocycles. The minimum absolute atomic E-state index is 0.120. The molecule has 2 heterocycles. The van der Waals surface area contributed by atoms with Crippen molar-refractivity contribution >= 4 is 28.5 Å². The first kappa shape index (κ1) is 16.6. The highest BCUT2D eigenvalue weighted by atomic mass is 32.1. The minimum atomic E-state index is -0.142. The quantitative estimate of drug-likeness (QED) is 0.442. The second-order valence-corrected chi connectivity index (χ2v) is 7.64. The van der Waals surface area contributed by atoms with E-state index in [1.54, 1.807) is 24.3 Å². The van der Waals surface area contributed by atoms with Gasteiger partial charge in [0, 0.05) is 32.0 Å². The number of phenols is 2. The van der Waals surface area contributed by atoms with E-state index in [1.165, 1.54) is 34.8 Å². The summed E-state index contributed by atoms with van der Waals surface area (Å²) < 4.78 is 0. The lowest BCUT2D eigenvalue weighted by Crippen LogP contribution is -2.05. The average Bonchev–Trinajstić information content (AvgIpc) is 3.35. The molecule has 2 N–H and O–H groups in total. The Morgan fingerprint density at radius 2 is 1.15 bits per heavy atom. The van der Waals surface area contributed by atoms with E-state index < -0.39 is 0 Å². The van der Waals surface area contributed by atoms with Gasteiger partial charge in [0.1, 0.15) is 11.5 Å². The SMILES string of the molecule is O=C(c1ccc(O)cc1-c1cccs1)c1ccc(O)cc1-c1cccs1. The molecule has 0 spiro atoms. The van der Waals surface area contributed by atoms with Gasteiger partial charge in [0.25, 0.3) is 0 Å². The summed E-state index contributed by atoms with van der Waals surface area (Å²) in [5.41, 5.74) is 2.45. The predicted octanol–water partition coefficient (Wildman–Crippen LogP) is 5.79. The third-order valence-electron chi connectivity index (χ3n) is 4.07. The van der Waals surface area contributed by atoms with Gasteiger partial charge in [0.2, 0.25) is 0 Å². The Hall–Kier alpha value is -2.89. The molecule has 3 nitrogen and oxygen atoms in total. The summed E-state index contributed by atoms with van der Waals surface area (Å²) >= 11 is 3.03. The molecule has 0 fully saturated rings. The zero-order valence-electron chi connectivity index (χ0n) is 13.5. The summed E-state index contributed by atoms with van der Waals surface area (Å²) in [6, 6.07) is 17.3.